The molecule has 1 N–H and O–H groups in total. The first-order valence-electron chi connectivity index (χ1n) is 6.60. The highest BCUT2D eigenvalue weighted by molar-refractivity contribution is 9.09. The first-order chi connectivity index (χ1) is 8.24. The predicted molar refractivity (Wildman–Crippen MR) is 76.6 cm³/mol. The van der Waals surface area contributed by atoms with E-state index in [1.54, 1.807) is 0 Å². The van der Waals surface area contributed by atoms with Crippen LogP contribution in [0.4, 0.5) is 0 Å². The van der Waals surface area contributed by atoms with Crippen molar-refractivity contribution in [2.45, 2.75) is 59.2 Å². The average molecular weight is 302 g/mol. The molecule has 1 heterocycles. The molecule has 1 atom stereocenters. The van der Waals surface area contributed by atoms with Gasteiger partial charge in [-0.2, -0.15) is 5.10 Å². The van der Waals surface area contributed by atoms with E-state index in [-0.39, 0.29) is 0 Å². The summed E-state index contributed by atoms with van der Waals surface area (Å²) in [4.78, 5) is 0. The quantitative estimate of drug-likeness (QED) is 0.748. The molecule has 0 aromatic carbocycles. The van der Waals surface area contributed by atoms with Crippen LogP contribution in [0.25, 0.3) is 0 Å². The Hall–Kier alpha value is -0.350. The van der Waals surface area contributed by atoms with E-state index < -0.39 is 0 Å². The Morgan fingerprint density at radius 2 is 2.18 bits per heavy atom. The van der Waals surface area contributed by atoms with Crippen molar-refractivity contribution >= 4 is 15.9 Å². The largest absolute Gasteiger partial charge is 0.308 e. The number of rotatable bonds is 8. The molecule has 0 bridgehead atoms. The number of alkyl halides is 1. The van der Waals surface area contributed by atoms with Crippen molar-refractivity contribution < 1.29 is 0 Å². The number of nitrogens with one attached hydrogen (secondary N) is 1. The van der Waals surface area contributed by atoms with Crippen LogP contribution in [0, 0.1) is 0 Å². The van der Waals surface area contributed by atoms with Gasteiger partial charge in [0.1, 0.15) is 0 Å². The van der Waals surface area contributed by atoms with Gasteiger partial charge in [0.2, 0.25) is 0 Å². The molecule has 0 amide bonds. The first kappa shape index (κ1) is 14.7. The summed E-state index contributed by atoms with van der Waals surface area (Å²) in [6.07, 6.45) is 3.36. The van der Waals surface area contributed by atoms with E-state index in [0.29, 0.717) is 6.04 Å². The monoisotopic (exact) mass is 301 g/mol. The molecule has 0 saturated heterocycles. The number of hydrogen-bond donors (Lipinski definition) is 1. The molecule has 0 spiro atoms. The van der Waals surface area contributed by atoms with Crippen molar-refractivity contribution in [1.29, 1.82) is 0 Å². The van der Waals surface area contributed by atoms with Gasteiger partial charge in [-0.25, -0.2) is 0 Å². The average Bonchev–Trinajstić information content (AvgIpc) is 2.76. The maximum Gasteiger partial charge on any atom is 0.0625 e. The third-order valence-corrected chi connectivity index (χ3v) is 3.56. The van der Waals surface area contributed by atoms with Gasteiger partial charge < -0.3 is 5.32 Å². The SMILES string of the molecule is CCc1cc(CNC(CC)CCBr)n(CC)n1. The van der Waals surface area contributed by atoms with E-state index in [2.05, 4.69) is 57.9 Å². The summed E-state index contributed by atoms with van der Waals surface area (Å²) >= 11 is 3.50. The molecule has 98 valence electrons. The first-order valence-corrected chi connectivity index (χ1v) is 7.72. The van der Waals surface area contributed by atoms with Crippen LogP contribution < -0.4 is 5.32 Å². The van der Waals surface area contributed by atoms with Crippen molar-refractivity contribution in [3.8, 4) is 0 Å². The lowest BCUT2D eigenvalue weighted by molar-refractivity contribution is 0.470. The molecule has 1 aromatic heterocycles. The van der Waals surface area contributed by atoms with Crippen LogP contribution in [0.5, 0.6) is 0 Å². The Bertz CT molecular complexity index is 322. The zero-order chi connectivity index (χ0) is 12.7. The van der Waals surface area contributed by atoms with Gasteiger partial charge in [-0.3, -0.25) is 4.68 Å². The van der Waals surface area contributed by atoms with E-state index in [1.165, 1.54) is 24.2 Å². The second-order valence-electron chi connectivity index (χ2n) is 4.26. The molecule has 3 nitrogen and oxygen atoms in total. The Labute approximate surface area is 113 Å². The molecule has 1 aromatic rings. The van der Waals surface area contributed by atoms with Crippen molar-refractivity contribution in [2.24, 2.45) is 0 Å². The highest BCUT2D eigenvalue weighted by atomic mass is 79.9. The second-order valence-corrected chi connectivity index (χ2v) is 5.05. The lowest BCUT2D eigenvalue weighted by Crippen LogP contribution is -2.29. The van der Waals surface area contributed by atoms with Crippen molar-refractivity contribution in [3.63, 3.8) is 0 Å². The maximum absolute atomic E-state index is 4.56. The van der Waals surface area contributed by atoms with Crippen molar-refractivity contribution in [3.05, 3.63) is 17.5 Å². The number of aryl methyl sites for hydroxylation is 2. The van der Waals surface area contributed by atoms with E-state index in [4.69, 9.17) is 0 Å². The summed E-state index contributed by atoms with van der Waals surface area (Å²) < 4.78 is 2.10. The summed E-state index contributed by atoms with van der Waals surface area (Å²) in [6.45, 7) is 8.40. The summed E-state index contributed by atoms with van der Waals surface area (Å²) in [5.41, 5.74) is 2.49. The highest BCUT2D eigenvalue weighted by Gasteiger charge is 2.08. The minimum absolute atomic E-state index is 0.597. The fraction of sp³-hybridized carbons (Fsp3) is 0.769. The van der Waals surface area contributed by atoms with E-state index in [0.717, 1.165) is 24.8 Å². The topological polar surface area (TPSA) is 29.9 Å². The van der Waals surface area contributed by atoms with Gasteiger partial charge in [-0.1, -0.05) is 29.8 Å². The molecule has 0 radical (unpaired) electrons. The van der Waals surface area contributed by atoms with E-state index in [9.17, 15) is 0 Å². The molecule has 4 heteroatoms. The molecule has 17 heavy (non-hydrogen) atoms. The number of hydrogen-bond acceptors (Lipinski definition) is 2. The Morgan fingerprint density at radius 3 is 2.71 bits per heavy atom. The van der Waals surface area contributed by atoms with Crippen molar-refractivity contribution in [1.82, 2.24) is 15.1 Å². The zero-order valence-corrected chi connectivity index (χ0v) is 12.8. The van der Waals surface area contributed by atoms with Crippen LogP contribution in [-0.4, -0.2) is 21.2 Å². The summed E-state index contributed by atoms with van der Waals surface area (Å²) in [5, 5.41) is 9.23. The van der Waals surface area contributed by atoms with Gasteiger partial charge in [-0.15, -0.1) is 0 Å². The number of aromatic nitrogens is 2. The van der Waals surface area contributed by atoms with E-state index in [1.807, 2.05) is 0 Å². The van der Waals surface area contributed by atoms with Crippen LogP contribution in [0.2, 0.25) is 0 Å². The Morgan fingerprint density at radius 1 is 1.41 bits per heavy atom. The molecule has 0 aliphatic carbocycles. The molecule has 0 aliphatic rings. The Kier molecular flexibility index (Phi) is 6.82. The highest BCUT2D eigenvalue weighted by Crippen LogP contribution is 2.07. The van der Waals surface area contributed by atoms with E-state index >= 15 is 0 Å². The Balaban J connectivity index is 2.57. The number of nitrogens with zero attached hydrogens (tertiary/aromatic N) is 2. The smallest absolute Gasteiger partial charge is 0.0625 e. The lowest BCUT2D eigenvalue weighted by Gasteiger charge is -2.15. The molecule has 0 fully saturated rings. The van der Waals surface area contributed by atoms with Gasteiger partial charge in [0.15, 0.2) is 0 Å². The molecule has 1 unspecified atom stereocenters. The molecule has 0 aliphatic heterocycles. The fourth-order valence-corrected chi connectivity index (χ4v) is 2.49. The minimum Gasteiger partial charge on any atom is -0.308 e. The van der Waals surface area contributed by atoms with Crippen LogP contribution in [-0.2, 0) is 19.5 Å². The summed E-state index contributed by atoms with van der Waals surface area (Å²) in [5.74, 6) is 0. The predicted octanol–water partition coefficient (Wildman–Crippen LogP) is 3.12. The van der Waals surface area contributed by atoms with Crippen molar-refractivity contribution in [2.75, 3.05) is 5.33 Å². The second kappa shape index (κ2) is 7.88. The molecular weight excluding hydrogens is 278 g/mol. The standard InChI is InChI=1S/C13H24BrN3/c1-4-11(7-8-14)15-10-13-9-12(5-2)16-17(13)6-3/h9,11,15H,4-8,10H2,1-3H3. The van der Waals surface area contributed by atoms with Crippen LogP contribution in [0.15, 0.2) is 6.07 Å². The molecule has 0 saturated carbocycles. The van der Waals surface area contributed by atoms with Gasteiger partial charge in [0.25, 0.3) is 0 Å². The van der Waals surface area contributed by atoms with Crippen LogP contribution in [0.1, 0.15) is 45.0 Å². The summed E-state index contributed by atoms with van der Waals surface area (Å²) in [7, 11) is 0. The van der Waals surface area contributed by atoms with Gasteiger partial charge in [-0.05, 0) is 32.3 Å². The zero-order valence-electron chi connectivity index (χ0n) is 11.2. The third kappa shape index (κ3) is 4.43. The van der Waals surface area contributed by atoms with Crippen LogP contribution >= 0.6 is 15.9 Å². The third-order valence-electron chi connectivity index (χ3n) is 3.10. The van der Waals surface area contributed by atoms with Gasteiger partial charge in [0, 0.05) is 24.5 Å². The minimum atomic E-state index is 0.597. The fourth-order valence-electron chi connectivity index (χ4n) is 1.93. The van der Waals surface area contributed by atoms with Gasteiger partial charge >= 0.3 is 0 Å². The normalized spacial score (nSPS) is 12.9. The number of halogens is 1. The van der Waals surface area contributed by atoms with Crippen LogP contribution in [0.3, 0.4) is 0 Å². The molecule has 1 rings (SSSR count). The lowest BCUT2D eigenvalue weighted by atomic mass is 10.1. The van der Waals surface area contributed by atoms with Gasteiger partial charge in [0.05, 0.1) is 11.4 Å². The molecular formula is C13H24BrN3. The summed E-state index contributed by atoms with van der Waals surface area (Å²) in [6, 6.07) is 2.82. The maximum atomic E-state index is 4.56.